The van der Waals surface area contributed by atoms with Gasteiger partial charge in [0.15, 0.2) is 0 Å². The number of anilines is 2. The highest BCUT2D eigenvalue weighted by Crippen LogP contribution is 2.21. The highest BCUT2D eigenvalue weighted by molar-refractivity contribution is 5.57. The Labute approximate surface area is 122 Å². The van der Waals surface area contributed by atoms with Crippen molar-refractivity contribution in [2.24, 2.45) is 0 Å². The van der Waals surface area contributed by atoms with Crippen LogP contribution in [0.2, 0.25) is 0 Å². The first-order chi connectivity index (χ1) is 9.62. The van der Waals surface area contributed by atoms with Crippen molar-refractivity contribution in [1.82, 2.24) is 9.97 Å². The third-order valence-corrected chi connectivity index (χ3v) is 3.15. The molecule has 0 amide bonds. The molecular weight excluding hydrogens is 252 g/mol. The van der Waals surface area contributed by atoms with Crippen molar-refractivity contribution in [1.29, 1.82) is 0 Å². The number of methoxy groups -OCH3 is 1. The molecule has 0 spiro atoms. The monoisotopic (exact) mass is 280 g/mol. The minimum absolute atomic E-state index is 0.326. The van der Waals surface area contributed by atoms with Gasteiger partial charge in [-0.05, 0) is 33.6 Å². The molecular formula is C15H28N4O. The highest BCUT2D eigenvalue weighted by Gasteiger charge is 2.12. The molecule has 0 saturated carbocycles. The number of hydrogen-bond donors (Lipinski definition) is 2. The minimum atomic E-state index is 0.326. The van der Waals surface area contributed by atoms with Crippen LogP contribution in [0.4, 0.5) is 11.6 Å². The Hall–Kier alpha value is -1.36. The molecule has 0 radical (unpaired) electrons. The van der Waals surface area contributed by atoms with Crippen molar-refractivity contribution in [2.45, 2.75) is 53.0 Å². The van der Waals surface area contributed by atoms with Crippen LogP contribution in [-0.2, 0) is 11.2 Å². The smallest absolute Gasteiger partial charge is 0.134 e. The van der Waals surface area contributed by atoms with Crippen molar-refractivity contribution in [3.05, 3.63) is 11.4 Å². The molecule has 0 aliphatic heterocycles. The van der Waals surface area contributed by atoms with Crippen LogP contribution < -0.4 is 10.6 Å². The molecule has 114 valence electrons. The average Bonchev–Trinajstić information content (AvgIpc) is 2.42. The summed E-state index contributed by atoms with van der Waals surface area (Å²) in [5, 5.41) is 6.79. The summed E-state index contributed by atoms with van der Waals surface area (Å²) < 4.78 is 5.12. The fraction of sp³-hybridized carbons (Fsp3) is 0.733. The van der Waals surface area contributed by atoms with Gasteiger partial charge in [0.2, 0.25) is 0 Å². The van der Waals surface area contributed by atoms with Crippen LogP contribution in [0, 0.1) is 6.92 Å². The van der Waals surface area contributed by atoms with E-state index in [-0.39, 0.29) is 0 Å². The zero-order valence-electron chi connectivity index (χ0n) is 13.4. The van der Waals surface area contributed by atoms with Gasteiger partial charge in [0.25, 0.3) is 0 Å². The molecule has 20 heavy (non-hydrogen) atoms. The summed E-state index contributed by atoms with van der Waals surface area (Å²) in [5.74, 6) is 2.77. The predicted octanol–water partition coefficient (Wildman–Crippen LogP) is 3.01. The van der Waals surface area contributed by atoms with E-state index < -0.39 is 0 Å². The SMILES string of the molecule is CCCc1nc(NCC)c(C)c(NC(C)CCOC)n1. The van der Waals surface area contributed by atoms with Gasteiger partial charge in [0, 0.05) is 38.3 Å². The van der Waals surface area contributed by atoms with Gasteiger partial charge in [-0.25, -0.2) is 9.97 Å². The molecule has 5 nitrogen and oxygen atoms in total. The lowest BCUT2D eigenvalue weighted by Gasteiger charge is -2.18. The Balaban J connectivity index is 2.91. The zero-order valence-corrected chi connectivity index (χ0v) is 13.4. The number of hydrogen-bond acceptors (Lipinski definition) is 5. The summed E-state index contributed by atoms with van der Waals surface area (Å²) in [4.78, 5) is 9.24. The number of nitrogens with one attached hydrogen (secondary N) is 2. The van der Waals surface area contributed by atoms with Gasteiger partial charge in [-0.1, -0.05) is 6.92 Å². The Morgan fingerprint density at radius 3 is 2.50 bits per heavy atom. The summed E-state index contributed by atoms with van der Waals surface area (Å²) in [6.07, 6.45) is 2.91. The first-order valence-electron chi connectivity index (χ1n) is 7.49. The Morgan fingerprint density at radius 2 is 1.90 bits per heavy atom. The number of rotatable bonds is 9. The third kappa shape index (κ3) is 4.96. The molecule has 0 aliphatic rings. The molecule has 0 saturated heterocycles. The lowest BCUT2D eigenvalue weighted by molar-refractivity contribution is 0.191. The van der Waals surface area contributed by atoms with Gasteiger partial charge < -0.3 is 15.4 Å². The normalized spacial score (nSPS) is 12.2. The van der Waals surface area contributed by atoms with Crippen LogP contribution in [0.1, 0.15) is 45.0 Å². The van der Waals surface area contributed by atoms with Crippen molar-refractivity contribution in [3.63, 3.8) is 0 Å². The van der Waals surface area contributed by atoms with Crippen molar-refractivity contribution < 1.29 is 4.74 Å². The molecule has 1 rings (SSSR count). The molecule has 0 aromatic carbocycles. The predicted molar refractivity (Wildman–Crippen MR) is 84.5 cm³/mol. The van der Waals surface area contributed by atoms with Gasteiger partial charge in [-0.15, -0.1) is 0 Å². The maximum absolute atomic E-state index is 5.12. The molecule has 0 fully saturated rings. The second-order valence-electron chi connectivity index (χ2n) is 5.07. The number of nitrogens with zero attached hydrogens (tertiary/aromatic N) is 2. The van der Waals surface area contributed by atoms with Crippen LogP contribution in [0.3, 0.4) is 0 Å². The average molecular weight is 280 g/mol. The van der Waals surface area contributed by atoms with Crippen LogP contribution in [0.15, 0.2) is 0 Å². The summed E-state index contributed by atoms with van der Waals surface area (Å²) >= 11 is 0. The molecule has 1 aromatic rings. The van der Waals surface area contributed by atoms with E-state index in [0.29, 0.717) is 6.04 Å². The van der Waals surface area contributed by atoms with Gasteiger partial charge in [-0.2, -0.15) is 0 Å². The van der Waals surface area contributed by atoms with E-state index in [4.69, 9.17) is 4.74 Å². The van der Waals surface area contributed by atoms with E-state index in [1.54, 1.807) is 7.11 Å². The fourth-order valence-corrected chi connectivity index (χ4v) is 1.98. The first-order valence-corrected chi connectivity index (χ1v) is 7.49. The van der Waals surface area contributed by atoms with E-state index in [2.05, 4.69) is 48.3 Å². The lowest BCUT2D eigenvalue weighted by Crippen LogP contribution is -2.20. The quantitative estimate of drug-likeness (QED) is 0.728. The molecule has 5 heteroatoms. The summed E-state index contributed by atoms with van der Waals surface area (Å²) in [5.41, 5.74) is 1.08. The molecule has 1 atom stereocenters. The molecule has 1 unspecified atom stereocenters. The van der Waals surface area contributed by atoms with E-state index >= 15 is 0 Å². The van der Waals surface area contributed by atoms with Gasteiger partial charge in [0.05, 0.1) is 0 Å². The van der Waals surface area contributed by atoms with Gasteiger partial charge in [-0.3, -0.25) is 0 Å². The van der Waals surface area contributed by atoms with Crippen molar-refractivity contribution >= 4 is 11.6 Å². The maximum Gasteiger partial charge on any atom is 0.134 e. The molecule has 0 aliphatic carbocycles. The highest BCUT2D eigenvalue weighted by atomic mass is 16.5. The van der Waals surface area contributed by atoms with Crippen LogP contribution in [-0.4, -0.2) is 36.3 Å². The number of ether oxygens (including phenoxy) is 1. The van der Waals surface area contributed by atoms with Crippen LogP contribution >= 0.6 is 0 Å². The minimum Gasteiger partial charge on any atom is -0.385 e. The topological polar surface area (TPSA) is 59.1 Å². The molecule has 0 bridgehead atoms. The fourth-order valence-electron chi connectivity index (χ4n) is 1.98. The van der Waals surface area contributed by atoms with Gasteiger partial charge >= 0.3 is 0 Å². The van der Waals surface area contributed by atoms with E-state index in [9.17, 15) is 0 Å². The van der Waals surface area contributed by atoms with E-state index in [1.165, 1.54) is 0 Å². The second-order valence-corrected chi connectivity index (χ2v) is 5.07. The third-order valence-electron chi connectivity index (χ3n) is 3.15. The number of aromatic nitrogens is 2. The first kappa shape index (κ1) is 16.7. The van der Waals surface area contributed by atoms with E-state index in [0.717, 1.165) is 55.4 Å². The van der Waals surface area contributed by atoms with Crippen LogP contribution in [0.25, 0.3) is 0 Å². The Bertz CT molecular complexity index is 409. The van der Waals surface area contributed by atoms with Gasteiger partial charge in [0.1, 0.15) is 17.5 Å². The largest absolute Gasteiger partial charge is 0.385 e. The number of aryl methyl sites for hydroxylation is 1. The molecule has 1 heterocycles. The van der Waals surface area contributed by atoms with Crippen molar-refractivity contribution in [3.8, 4) is 0 Å². The Kier molecular flexibility index (Phi) is 7.30. The van der Waals surface area contributed by atoms with Crippen molar-refractivity contribution in [2.75, 3.05) is 30.9 Å². The maximum atomic E-state index is 5.12. The van der Waals surface area contributed by atoms with Crippen LogP contribution in [0.5, 0.6) is 0 Å². The second kappa shape index (κ2) is 8.74. The standard InChI is InChI=1S/C15H28N4O/c1-6-8-13-18-14(16-7-2)12(4)15(19-13)17-11(3)9-10-20-5/h11H,6-10H2,1-5H3,(H2,16,17,18,19). The summed E-state index contributed by atoms with van der Waals surface area (Å²) in [7, 11) is 1.73. The molecule has 2 N–H and O–H groups in total. The summed E-state index contributed by atoms with van der Waals surface area (Å²) in [6.45, 7) is 10.0. The molecule has 1 aromatic heterocycles. The Morgan fingerprint density at radius 1 is 1.20 bits per heavy atom. The summed E-state index contributed by atoms with van der Waals surface area (Å²) in [6, 6.07) is 0.326. The lowest BCUT2D eigenvalue weighted by atomic mass is 10.2. The van der Waals surface area contributed by atoms with E-state index in [1.807, 2.05) is 0 Å². The zero-order chi connectivity index (χ0) is 15.0.